The van der Waals surface area contributed by atoms with Crippen LogP contribution in [0.5, 0.6) is 0 Å². The molecule has 0 saturated carbocycles. The summed E-state index contributed by atoms with van der Waals surface area (Å²) in [5, 5.41) is 16.8. The summed E-state index contributed by atoms with van der Waals surface area (Å²) < 4.78 is 0. The Labute approximate surface area is 145 Å². The smallest absolute Gasteiger partial charge is 0.355 e. The van der Waals surface area contributed by atoms with Crippen LogP contribution in [0.2, 0.25) is 0 Å². The molecule has 0 unspecified atom stereocenters. The molecule has 0 saturated heterocycles. The second kappa shape index (κ2) is 6.53. The van der Waals surface area contributed by atoms with E-state index in [0.29, 0.717) is 22.1 Å². The van der Waals surface area contributed by atoms with Crippen molar-refractivity contribution in [1.29, 1.82) is 0 Å². The molecule has 0 fully saturated rings. The quantitative estimate of drug-likeness (QED) is 0.421. The Morgan fingerprint density at radius 3 is 1.52 bits per heavy atom. The molecule has 4 nitrogen and oxygen atoms in total. The normalized spacial score (nSPS) is 10.6. The molecular weight excluding hydrogens is 310 g/mol. The molecule has 120 valence electrons. The van der Waals surface area contributed by atoms with Crippen molar-refractivity contribution in [3.63, 3.8) is 0 Å². The van der Waals surface area contributed by atoms with Gasteiger partial charge in [-0.1, -0.05) is 84.0 Å². The summed E-state index contributed by atoms with van der Waals surface area (Å²) in [6.07, 6.45) is 0. The standard InChI is InChI=1S/C21H15N3O/c25-24-21(18-14-8-3-9-15-18)22-19(16-10-4-1-5-11-16)20(23-24)17-12-6-2-7-13-17/h1-15H. The molecule has 0 N–H and O–H groups in total. The van der Waals surface area contributed by atoms with Crippen LogP contribution >= 0.6 is 0 Å². The predicted octanol–water partition coefficient (Wildman–Crippen LogP) is 4.11. The Balaban J connectivity index is 1.98. The topological polar surface area (TPSA) is 52.7 Å². The van der Waals surface area contributed by atoms with E-state index >= 15 is 0 Å². The summed E-state index contributed by atoms with van der Waals surface area (Å²) in [6, 6.07) is 28.8. The van der Waals surface area contributed by atoms with E-state index in [4.69, 9.17) is 0 Å². The Hall–Kier alpha value is -3.53. The first-order valence-corrected chi connectivity index (χ1v) is 8.01. The van der Waals surface area contributed by atoms with Crippen molar-refractivity contribution >= 4 is 0 Å². The molecule has 1 heterocycles. The molecule has 0 spiro atoms. The van der Waals surface area contributed by atoms with Crippen LogP contribution in [-0.2, 0) is 0 Å². The van der Waals surface area contributed by atoms with Crippen molar-refractivity contribution in [2.75, 3.05) is 0 Å². The first-order chi connectivity index (χ1) is 12.3. The molecule has 0 bridgehead atoms. The van der Waals surface area contributed by atoms with Gasteiger partial charge in [0.25, 0.3) is 0 Å². The molecule has 1 aromatic heterocycles. The van der Waals surface area contributed by atoms with Crippen molar-refractivity contribution in [1.82, 2.24) is 10.1 Å². The Kier molecular flexibility index (Phi) is 3.92. The maximum absolute atomic E-state index is 12.5. The molecule has 0 aliphatic heterocycles. The van der Waals surface area contributed by atoms with E-state index in [1.807, 2.05) is 91.0 Å². The minimum Gasteiger partial charge on any atom is -0.690 e. The third-order valence-corrected chi connectivity index (χ3v) is 3.94. The summed E-state index contributed by atoms with van der Waals surface area (Å²) >= 11 is 0. The fourth-order valence-electron chi connectivity index (χ4n) is 2.74. The number of rotatable bonds is 3. The molecule has 4 aromatic rings. The van der Waals surface area contributed by atoms with Crippen LogP contribution in [0, 0.1) is 5.21 Å². The van der Waals surface area contributed by atoms with Crippen molar-refractivity contribution < 1.29 is 4.85 Å². The van der Waals surface area contributed by atoms with Crippen LogP contribution in [0.4, 0.5) is 0 Å². The maximum Gasteiger partial charge on any atom is 0.355 e. The number of nitrogens with zero attached hydrogens (tertiary/aromatic N) is 3. The van der Waals surface area contributed by atoms with Crippen molar-refractivity contribution in [2.45, 2.75) is 0 Å². The average Bonchev–Trinajstić information content (AvgIpc) is 2.70. The fraction of sp³-hybridized carbons (Fsp3) is 0. The first kappa shape index (κ1) is 15.0. The summed E-state index contributed by atoms with van der Waals surface area (Å²) in [4.78, 5) is 5.28. The van der Waals surface area contributed by atoms with Crippen LogP contribution in [0.3, 0.4) is 0 Å². The molecule has 0 aliphatic rings. The summed E-state index contributed by atoms with van der Waals surface area (Å²) in [7, 11) is 0. The fourth-order valence-corrected chi connectivity index (χ4v) is 2.74. The van der Waals surface area contributed by atoms with E-state index in [0.717, 1.165) is 16.7 Å². The minimum absolute atomic E-state index is 0.291. The number of hydrogen-bond donors (Lipinski definition) is 0. The average molecular weight is 325 g/mol. The van der Waals surface area contributed by atoms with Gasteiger partial charge < -0.3 is 5.21 Å². The highest BCUT2D eigenvalue weighted by molar-refractivity contribution is 5.78. The highest BCUT2D eigenvalue weighted by Crippen LogP contribution is 2.29. The number of benzene rings is 3. The summed E-state index contributed by atoms with van der Waals surface area (Å²) in [5.74, 6) is 0.291. The van der Waals surface area contributed by atoms with E-state index < -0.39 is 0 Å². The lowest BCUT2D eigenvalue weighted by Gasteiger charge is -2.10. The molecule has 4 heteroatoms. The van der Waals surface area contributed by atoms with Crippen LogP contribution in [0.25, 0.3) is 33.9 Å². The van der Waals surface area contributed by atoms with Crippen LogP contribution in [0.15, 0.2) is 91.0 Å². The molecule has 0 radical (unpaired) electrons. The van der Waals surface area contributed by atoms with E-state index in [2.05, 4.69) is 10.1 Å². The molecule has 0 aliphatic carbocycles. The van der Waals surface area contributed by atoms with Crippen molar-refractivity contribution in [2.24, 2.45) is 0 Å². The zero-order valence-electron chi connectivity index (χ0n) is 13.4. The van der Waals surface area contributed by atoms with Crippen LogP contribution in [-0.4, -0.2) is 10.1 Å². The van der Waals surface area contributed by atoms with Crippen molar-refractivity contribution in [3.05, 3.63) is 96.2 Å². The third kappa shape index (κ3) is 2.97. The van der Waals surface area contributed by atoms with Gasteiger partial charge in [-0.3, -0.25) is 0 Å². The predicted molar refractivity (Wildman–Crippen MR) is 97.3 cm³/mol. The van der Waals surface area contributed by atoms with E-state index in [1.54, 1.807) is 0 Å². The maximum atomic E-state index is 12.5. The summed E-state index contributed by atoms with van der Waals surface area (Å²) in [6.45, 7) is 0. The Morgan fingerprint density at radius 1 is 0.560 bits per heavy atom. The lowest BCUT2D eigenvalue weighted by molar-refractivity contribution is -0.659. The Morgan fingerprint density at radius 2 is 1.00 bits per heavy atom. The number of hydrogen-bond acceptors (Lipinski definition) is 3. The lowest BCUT2D eigenvalue weighted by atomic mass is 10.0. The molecule has 0 amide bonds. The highest BCUT2D eigenvalue weighted by Gasteiger charge is 2.22. The second-order valence-electron chi connectivity index (χ2n) is 5.60. The zero-order valence-corrected chi connectivity index (χ0v) is 13.4. The summed E-state index contributed by atoms with van der Waals surface area (Å²) in [5.41, 5.74) is 3.78. The van der Waals surface area contributed by atoms with Crippen LogP contribution in [0.1, 0.15) is 0 Å². The lowest BCUT2D eigenvalue weighted by Crippen LogP contribution is -2.36. The molecule has 25 heavy (non-hydrogen) atoms. The molecule has 0 atom stereocenters. The van der Waals surface area contributed by atoms with Gasteiger partial charge >= 0.3 is 5.82 Å². The van der Waals surface area contributed by atoms with Gasteiger partial charge in [0, 0.05) is 11.1 Å². The van der Waals surface area contributed by atoms with Gasteiger partial charge in [0.05, 0.1) is 5.56 Å². The van der Waals surface area contributed by atoms with Gasteiger partial charge in [-0.15, -0.1) is 4.85 Å². The van der Waals surface area contributed by atoms with Gasteiger partial charge in [0.1, 0.15) is 0 Å². The van der Waals surface area contributed by atoms with Crippen molar-refractivity contribution in [3.8, 4) is 33.9 Å². The zero-order chi connectivity index (χ0) is 17.1. The van der Waals surface area contributed by atoms with E-state index in [9.17, 15) is 5.21 Å². The molecule has 3 aromatic carbocycles. The second-order valence-corrected chi connectivity index (χ2v) is 5.60. The van der Waals surface area contributed by atoms with Crippen LogP contribution < -0.4 is 4.85 Å². The van der Waals surface area contributed by atoms with Gasteiger partial charge in [-0.05, 0) is 17.1 Å². The first-order valence-electron chi connectivity index (χ1n) is 8.01. The monoisotopic (exact) mass is 325 g/mol. The highest BCUT2D eigenvalue weighted by atomic mass is 16.5. The van der Waals surface area contributed by atoms with E-state index in [-0.39, 0.29) is 0 Å². The Bertz CT molecular complexity index is 988. The van der Waals surface area contributed by atoms with Gasteiger partial charge in [-0.2, -0.15) is 0 Å². The molecule has 4 rings (SSSR count). The largest absolute Gasteiger partial charge is 0.690 e. The molecular formula is C21H15N3O. The third-order valence-electron chi connectivity index (χ3n) is 3.94. The van der Waals surface area contributed by atoms with Gasteiger partial charge in [0.15, 0.2) is 5.69 Å². The SMILES string of the molecule is [O-][n+]1nc(-c2ccccc2)c(-c2ccccc2)nc1-c1ccccc1. The van der Waals surface area contributed by atoms with E-state index in [1.165, 1.54) is 0 Å². The van der Waals surface area contributed by atoms with Gasteiger partial charge in [0.2, 0.25) is 5.69 Å². The van der Waals surface area contributed by atoms with Gasteiger partial charge in [-0.25, -0.2) is 0 Å². The minimum atomic E-state index is 0.291. The number of aromatic nitrogens is 3.